The van der Waals surface area contributed by atoms with Gasteiger partial charge in [-0.2, -0.15) is 0 Å². The van der Waals surface area contributed by atoms with Gasteiger partial charge >= 0.3 is 0 Å². The molecule has 1 fully saturated rings. The summed E-state index contributed by atoms with van der Waals surface area (Å²) in [6, 6.07) is 8.52. The molecule has 2 aromatic rings. The second kappa shape index (κ2) is 7.99. The zero-order valence-electron chi connectivity index (χ0n) is 14.3. The molecule has 0 spiro atoms. The summed E-state index contributed by atoms with van der Waals surface area (Å²) in [6.07, 6.45) is 2.32. The van der Waals surface area contributed by atoms with Gasteiger partial charge in [0.15, 0.2) is 0 Å². The highest BCUT2D eigenvalue weighted by Gasteiger charge is 2.42. The number of aryl methyl sites for hydroxylation is 1. The smallest absolute Gasteiger partial charge is 0.127 e. The first-order valence-electron chi connectivity index (χ1n) is 8.62. The Kier molecular flexibility index (Phi) is 5.73. The van der Waals surface area contributed by atoms with Crippen LogP contribution in [-0.2, 0) is 13.0 Å². The molecule has 0 saturated heterocycles. The van der Waals surface area contributed by atoms with E-state index in [1.165, 1.54) is 6.07 Å². The number of benzene rings is 1. The summed E-state index contributed by atoms with van der Waals surface area (Å²) in [5, 5.41) is 23.4. The maximum atomic E-state index is 13.8. The fourth-order valence-corrected chi connectivity index (χ4v) is 3.72. The van der Waals surface area contributed by atoms with E-state index < -0.39 is 6.10 Å². The van der Waals surface area contributed by atoms with Crippen molar-refractivity contribution in [3.63, 3.8) is 0 Å². The lowest BCUT2D eigenvalue weighted by molar-refractivity contribution is 0.0716. The van der Waals surface area contributed by atoms with Gasteiger partial charge in [-0.1, -0.05) is 18.2 Å². The van der Waals surface area contributed by atoms with Crippen LogP contribution < -0.4 is 5.32 Å². The van der Waals surface area contributed by atoms with Crippen molar-refractivity contribution in [3.05, 3.63) is 59.4 Å². The van der Waals surface area contributed by atoms with Gasteiger partial charge in [0.25, 0.3) is 0 Å². The van der Waals surface area contributed by atoms with Crippen LogP contribution in [0.3, 0.4) is 0 Å². The van der Waals surface area contributed by atoms with Gasteiger partial charge < -0.3 is 15.5 Å². The van der Waals surface area contributed by atoms with E-state index >= 15 is 0 Å². The van der Waals surface area contributed by atoms with E-state index in [-0.39, 0.29) is 30.3 Å². The van der Waals surface area contributed by atoms with Crippen LogP contribution in [0.15, 0.2) is 36.5 Å². The van der Waals surface area contributed by atoms with Crippen molar-refractivity contribution in [1.29, 1.82) is 0 Å². The molecular formula is C19H24FN3O2. The van der Waals surface area contributed by atoms with Crippen LogP contribution in [0.25, 0.3) is 0 Å². The molecule has 1 aliphatic carbocycles. The van der Waals surface area contributed by atoms with Crippen LogP contribution in [0.2, 0.25) is 0 Å². The molecule has 0 bridgehead atoms. The van der Waals surface area contributed by atoms with Crippen LogP contribution >= 0.6 is 0 Å². The van der Waals surface area contributed by atoms with E-state index in [2.05, 4.69) is 15.3 Å². The Balaban J connectivity index is 1.73. The van der Waals surface area contributed by atoms with Gasteiger partial charge in [0.1, 0.15) is 11.6 Å². The molecular weight excluding hydrogens is 321 g/mol. The SMILES string of the molecule is Cc1nccc(C[C@@H]2[C@@H](CO)[C@H](O)C[C@H]2NCc2ccccc2F)n1. The average Bonchev–Trinajstić information content (AvgIpc) is 2.89. The number of aliphatic hydroxyl groups is 2. The zero-order chi connectivity index (χ0) is 17.8. The first-order valence-corrected chi connectivity index (χ1v) is 8.62. The third-order valence-corrected chi connectivity index (χ3v) is 5.06. The molecule has 4 atom stereocenters. The first kappa shape index (κ1) is 17.9. The van der Waals surface area contributed by atoms with Gasteiger partial charge in [-0.3, -0.25) is 0 Å². The van der Waals surface area contributed by atoms with Crippen molar-refractivity contribution in [2.75, 3.05) is 6.61 Å². The molecule has 25 heavy (non-hydrogen) atoms. The lowest BCUT2D eigenvalue weighted by Gasteiger charge is -2.25. The largest absolute Gasteiger partial charge is 0.396 e. The standard InChI is InChI=1S/C19H24FN3O2/c1-12-21-7-6-14(23-12)8-15-16(11-24)19(25)9-18(15)22-10-13-4-2-3-5-17(13)20/h2-7,15-16,18-19,22,24-25H,8-11H2,1H3/t15-,16-,18-,19-/m1/s1. The van der Waals surface area contributed by atoms with Gasteiger partial charge in [-0.25, -0.2) is 14.4 Å². The molecule has 0 amide bonds. The molecule has 0 aliphatic heterocycles. The third kappa shape index (κ3) is 4.21. The highest BCUT2D eigenvalue weighted by Crippen LogP contribution is 2.34. The molecule has 134 valence electrons. The summed E-state index contributed by atoms with van der Waals surface area (Å²) < 4.78 is 13.8. The Hall–Kier alpha value is -1.89. The summed E-state index contributed by atoms with van der Waals surface area (Å²) in [4.78, 5) is 8.54. The summed E-state index contributed by atoms with van der Waals surface area (Å²) in [7, 11) is 0. The van der Waals surface area contributed by atoms with Gasteiger partial charge in [-0.15, -0.1) is 0 Å². The molecule has 1 aromatic heterocycles. The van der Waals surface area contributed by atoms with E-state index in [4.69, 9.17) is 0 Å². The van der Waals surface area contributed by atoms with Crippen LogP contribution in [0.1, 0.15) is 23.5 Å². The Bertz CT molecular complexity index is 713. The minimum absolute atomic E-state index is 0.0120. The number of aliphatic hydroxyl groups excluding tert-OH is 2. The molecule has 1 aliphatic rings. The Morgan fingerprint density at radius 3 is 2.76 bits per heavy atom. The highest BCUT2D eigenvalue weighted by molar-refractivity contribution is 5.17. The van der Waals surface area contributed by atoms with E-state index in [0.717, 1.165) is 5.69 Å². The van der Waals surface area contributed by atoms with Crippen molar-refractivity contribution in [2.45, 2.75) is 38.5 Å². The van der Waals surface area contributed by atoms with Crippen LogP contribution in [0, 0.1) is 24.6 Å². The van der Waals surface area contributed by atoms with Gasteiger partial charge in [-0.05, 0) is 37.8 Å². The summed E-state index contributed by atoms with van der Waals surface area (Å²) in [5.41, 5.74) is 1.49. The number of halogens is 1. The quantitative estimate of drug-likeness (QED) is 0.741. The minimum atomic E-state index is -0.573. The minimum Gasteiger partial charge on any atom is -0.396 e. The first-order chi connectivity index (χ1) is 12.1. The van der Waals surface area contributed by atoms with Crippen molar-refractivity contribution in [3.8, 4) is 0 Å². The van der Waals surface area contributed by atoms with Gasteiger partial charge in [0.05, 0.1) is 6.10 Å². The lowest BCUT2D eigenvalue weighted by atomic mass is 9.88. The van der Waals surface area contributed by atoms with E-state index in [1.807, 2.05) is 13.0 Å². The fraction of sp³-hybridized carbons (Fsp3) is 0.474. The molecule has 1 aromatic carbocycles. The number of hydrogen-bond donors (Lipinski definition) is 3. The molecule has 5 nitrogen and oxygen atoms in total. The molecule has 1 heterocycles. The topological polar surface area (TPSA) is 78.3 Å². The third-order valence-electron chi connectivity index (χ3n) is 5.06. The second-order valence-corrected chi connectivity index (χ2v) is 6.69. The second-order valence-electron chi connectivity index (χ2n) is 6.69. The normalized spacial score (nSPS) is 26.1. The van der Waals surface area contributed by atoms with Crippen LogP contribution in [-0.4, -0.2) is 38.9 Å². The van der Waals surface area contributed by atoms with Crippen LogP contribution in [0.4, 0.5) is 4.39 Å². The van der Waals surface area contributed by atoms with Gasteiger partial charge in [0.2, 0.25) is 0 Å². The fourth-order valence-electron chi connectivity index (χ4n) is 3.72. The van der Waals surface area contributed by atoms with Crippen molar-refractivity contribution >= 4 is 0 Å². The number of rotatable bonds is 6. The summed E-state index contributed by atoms with van der Waals surface area (Å²) >= 11 is 0. The molecule has 3 rings (SSSR count). The summed E-state index contributed by atoms with van der Waals surface area (Å²) in [6.45, 7) is 2.15. The van der Waals surface area contributed by atoms with E-state index in [9.17, 15) is 14.6 Å². The molecule has 0 unspecified atom stereocenters. The predicted octanol–water partition coefficient (Wildman–Crippen LogP) is 1.61. The average molecular weight is 345 g/mol. The Morgan fingerprint density at radius 1 is 1.24 bits per heavy atom. The molecule has 1 saturated carbocycles. The molecule has 3 N–H and O–H groups in total. The maximum absolute atomic E-state index is 13.8. The number of nitrogens with one attached hydrogen (secondary N) is 1. The zero-order valence-corrected chi connectivity index (χ0v) is 14.3. The Labute approximate surface area is 147 Å². The van der Waals surface area contributed by atoms with Crippen molar-refractivity contribution in [2.24, 2.45) is 11.8 Å². The van der Waals surface area contributed by atoms with Gasteiger partial charge in [0, 0.05) is 42.6 Å². The molecule has 0 radical (unpaired) electrons. The number of nitrogens with zero attached hydrogens (tertiary/aromatic N) is 2. The highest BCUT2D eigenvalue weighted by atomic mass is 19.1. The monoisotopic (exact) mass is 345 g/mol. The number of hydrogen-bond acceptors (Lipinski definition) is 5. The van der Waals surface area contributed by atoms with Crippen LogP contribution in [0.5, 0.6) is 0 Å². The predicted molar refractivity (Wildman–Crippen MR) is 92.2 cm³/mol. The van der Waals surface area contributed by atoms with E-state index in [1.54, 1.807) is 24.4 Å². The van der Waals surface area contributed by atoms with Crippen molar-refractivity contribution in [1.82, 2.24) is 15.3 Å². The summed E-state index contributed by atoms with van der Waals surface area (Å²) in [5.74, 6) is 0.275. The van der Waals surface area contributed by atoms with Crippen molar-refractivity contribution < 1.29 is 14.6 Å². The lowest BCUT2D eigenvalue weighted by Crippen LogP contribution is -2.36. The van der Waals surface area contributed by atoms with E-state index in [0.29, 0.717) is 30.8 Å². The number of aromatic nitrogens is 2. The Morgan fingerprint density at radius 2 is 2.04 bits per heavy atom. The maximum Gasteiger partial charge on any atom is 0.127 e. The molecule has 6 heteroatoms.